The van der Waals surface area contributed by atoms with E-state index in [0.29, 0.717) is 11.3 Å². The number of halogens is 1. The number of anilines is 1. The molecule has 5 nitrogen and oxygen atoms in total. The number of hydrogen-bond donors (Lipinski definition) is 1. The van der Waals surface area contributed by atoms with Crippen LogP contribution in [0.1, 0.15) is 21.7 Å². The van der Waals surface area contributed by atoms with Gasteiger partial charge in [0.05, 0.1) is 22.5 Å². The number of nitrogens with one attached hydrogen (secondary N) is 1. The number of nitrogens with zero attached hydrogens (tertiary/aromatic N) is 3. The predicted molar refractivity (Wildman–Crippen MR) is 110 cm³/mol. The Bertz CT molecular complexity index is 1170. The third kappa shape index (κ3) is 3.36. The molecule has 0 aliphatic carbocycles. The van der Waals surface area contributed by atoms with Gasteiger partial charge in [0, 0.05) is 15.6 Å². The standard InChI is InChI=1S/C21H17BrN4O/c1-13-12-14(2)26(25-13)19-11-10-15-6-5-9-18(20(15)24-19)23-21(27)16-7-3-4-8-17(16)22/h3-12H,1-2H3,(H,23,27). The Morgan fingerprint density at radius 3 is 2.59 bits per heavy atom. The number of carbonyl (C=O) groups excluding carboxylic acids is 1. The summed E-state index contributed by atoms with van der Waals surface area (Å²) in [6, 6.07) is 19.0. The minimum absolute atomic E-state index is 0.187. The molecule has 0 aliphatic rings. The first-order valence-corrected chi connectivity index (χ1v) is 9.31. The number of carbonyl (C=O) groups is 1. The lowest BCUT2D eigenvalue weighted by Gasteiger charge is -2.11. The number of aryl methyl sites for hydroxylation is 2. The average Bonchev–Trinajstić information content (AvgIpc) is 3.00. The zero-order chi connectivity index (χ0) is 19.0. The van der Waals surface area contributed by atoms with Gasteiger partial charge in [-0.25, -0.2) is 9.67 Å². The van der Waals surface area contributed by atoms with Crippen molar-refractivity contribution in [3.8, 4) is 5.82 Å². The van der Waals surface area contributed by atoms with Gasteiger partial charge < -0.3 is 5.32 Å². The Hall–Kier alpha value is -2.99. The van der Waals surface area contributed by atoms with Crippen molar-refractivity contribution in [3.63, 3.8) is 0 Å². The summed E-state index contributed by atoms with van der Waals surface area (Å²) in [7, 11) is 0. The number of fused-ring (bicyclic) bond motifs is 1. The molecule has 2 aromatic carbocycles. The Morgan fingerprint density at radius 2 is 1.85 bits per heavy atom. The molecule has 0 saturated carbocycles. The fourth-order valence-corrected chi connectivity index (χ4v) is 3.52. The predicted octanol–water partition coefficient (Wildman–Crippen LogP) is 5.05. The molecule has 0 spiro atoms. The van der Waals surface area contributed by atoms with E-state index in [1.54, 1.807) is 10.7 Å². The van der Waals surface area contributed by atoms with E-state index in [4.69, 9.17) is 4.98 Å². The molecule has 27 heavy (non-hydrogen) atoms. The molecule has 0 unspecified atom stereocenters. The SMILES string of the molecule is Cc1cc(C)n(-c2ccc3cccc(NC(=O)c4ccccc4Br)c3n2)n1. The van der Waals surface area contributed by atoms with Crippen LogP contribution in [0, 0.1) is 13.8 Å². The molecule has 134 valence electrons. The topological polar surface area (TPSA) is 59.8 Å². The van der Waals surface area contributed by atoms with Crippen LogP contribution < -0.4 is 5.32 Å². The highest BCUT2D eigenvalue weighted by molar-refractivity contribution is 9.10. The zero-order valence-corrected chi connectivity index (χ0v) is 16.5. The van der Waals surface area contributed by atoms with Gasteiger partial charge in [0.25, 0.3) is 5.91 Å². The van der Waals surface area contributed by atoms with Gasteiger partial charge in [0.1, 0.15) is 0 Å². The van der Waals surface area contributed by atoms with E-state index in [9.17, 15) is 4.79 Å². The van der Waals surface area contributed by atoms with Crippen LogP contribution in [0.5, 0.6) is 0 Å². The highest BCUT2D eigenvalue weighted by Crippen LogP contribution is 2.25. The van der Waals surface area contributed by atoms with Crippen molar-refractivity contribution in [2.24, 2.45) is 0 Å². The third-order valence-corrected chi connectivity index (χ3v) is 4.99. The highest BCUT2D eigenvalue weighted by Gasteiger charge is 2.13. The van der Waals surface area contributed by atoms with Crippen LogP contribution in [0.2, 0.25) is 0 Å². The normalized spacial score (nSPS) is 10.9. The number of amides is 1. The van der Waals surface area contributed by atoms with Crippen LogP contribution in [0.25, 0.3) is 16.7 Å². The molecule has 1 N–H and O–H groups in total. The third-order valence-electron chi connectivity index (χ3n) is 4.30. The molecule has 6 heteroatoms. The quantitative estimate of drug-likeness (QED) is 0.504. The lowest BCUT2D eigenvalue weighted by atomic mass is 10.1. The van der Waals surface area contributed by atoms with Gasteiger partial charge in [-0.2, -0.15) is 5.10 Å². The van der Waals surface area contributed by atoms with Crippen LogP contribution in [0.3, 0.4) is 0 Å². The van der Waals surface area contributed by atoms with E-state index in [1.165, 1.54) is 0 Å². The summed E-state index contributed by atoms with van der Waals surface area (Å²) in [5.41, 5.74) is 3.91. The Balaban J connectivity index is 1.77. The van der Waals surface area contributed by atoms with E-state index in [-0.39, 0.29) is 5.91 Å². The van der Waals surface area contributed by atoms with E-state index in [0.717, 1.165) is 32.6 Å². The number of benzene rings is 2. The van der Waals surface area contributed by atoms with Crippen molar-refractivity contribution in [1.29, 1.82) is 0 Å². The summed E-state index contributed by atoms with van der Waals surface area (Å²) >= 11 is 3.42. The maximum absolute atomic E-state index is 12.7. The number of pyridine rings is 1. The number of para-hydroxylation sites is 1. The number of rotatable bonds is 3. The molecule has 0 saturated heterocycles. The minimum atomic E-state index is -0.187. The molecule has 0 aliphatic heterocycles. The van der Waals surface area contributed by atoms with Gasteiger partial charge in [-0.1, -0.05) is 24.3 Å². The summed E-state index contributed by atoms with van der Waals surface area (Å²) in [5.74, 6) is 0.531. The Kier molecular flexibility index (Phi) is 4.49. The van der Waals surface area contributed by atoms with Crippen LogP contribution in [-0.4, -0.2) is 20.7 Å². The Labute approximate surface area is 165 Å². The maximum atomic E-state index is 12.7. The van der Waals surface area contributed by atoms with Crippen LogP contribution in [0.4, 0.5) is 5.69 Å². The van der Waals surface area contributed by atoms with Gasteiger partial charge in [0.15, 0.2) is 5.82 Å². The van der Waals surface area contributed by atoms with Gasteiger partial charge in [-0.15, -0.1) is 0 Å². The fraction of sp³-hybridized carbons (Fsp3) is 0.0952. The van der Waals surface area contributed by atoms with Gasteiger partial charge in [-0.05, 0) is 66.2 Å². The first-order valence-electron chi connectivity index (χ1n) is 8.52. The molecule has 4 aromatic rings. The second-order valence-corrected chi connectivity index (χ2v) is 7.17. The smallest absolute Gasteiger partial charge is 0.256 e. The lowest BCUT2D eigenvalue weighted by molar-refractivity contribution is 0.102. The molecule has 2 heterocycles. The number of hydrogen-bond acceptors (Lipinski definition) is 3. The van der Waals surface area contributed by atoms with Crippen molar-refractivity contribution >= 4 is 38.4 Å². The van der Waals surface area contributed by atoms with Gasteiger partial charge >= 0.3 is 0 Å². The minimum Gasteiger partial charge on any atom is -0.320 e. The van der Waals surface area contributed by atoms with E-state index >= 15 is 0 Å². The summed E-state index contributed by atoms with van der Waals surface area (Å²) in [6.07, 6.45) is 0. The lowest BCUT2D eigenvalue weighted by Crippen LogP contribution is -2.13. The van der Waals surface area contributed by atoms with E-state index in [1.807, 2.05) is 68.4 Å². The highest BCUT2D eigenvalue weighted by atomic mass is 79.9. The van der Waals surface area contributed by atoms with Gasteiger partial charge in [0.2, 0.25) is 0 Å². The van der Waals surface area contributed by atoms with Crippen LogP contribution in [-0.2, 0) is 0 Å². The monoisotopic (exact) mass is 420 g/mol. The van der Waals surface area contributed by atoms with Gasteiger partial charge in [-0.3, -0.25) is 4.79 Å². The molecular weight excluding hydrogens is 404 g/mol. The van der Waals surface area contributed by atoms with Crippen LogP contribution >= 0.6 is 15.9 Å². The van der Waals surface area contributed by atoms with Crippen molar-refractivity contribution in [2.75, 3.05) is 5.32 Å². The fourth-order valence-electron chi connectivity index (χ4n) is 3.05. The second-order valence-electron chi connectivity index (χ2n) is 6.32. The first kappa shape index (κ1) is 17.4. The largest absolute Gasteiger partial charge is 0.320 e. The van der Waals surface area contributed by atoms with Crippen molar-refractivity contribution in [3.05, 3.63) is 82.1 Å². The van der Waals surface area contributed by atoms with E-state index in [2.05, 4.69) is 26.3 Å². The molecule has 4 rings (SSSR count). The zero-order valence-electron chi connectivity index (χ0n) is 14.9. The molecule has 1 amide bonds. The van der Waals surface area contributed by atoms with Crippen LogP contribution in [0.15, 0.2) is 65.1 Å². The molecular formula is C21H17BrN4O. The van der Waals surface area contributed by atoms with Crippen molar-refractivity contribution < 1.29 is 4.79 Å². The molecule has 2 aromatic heterocycles. The summed E-state index contributed by atoms with van der Waals surface area (Å²) < 4.78 is 2.56. The second kappa shape index (κ2) is 6.96. The Morgan fingerprint density at radius 1 is 1.04 bits per heavy atom. The number of aromatic nitrogens is 3. The molecule has 0 fully saturated rings. The van der Waals surface area contributed by atoms with Crippen molar-refractivity contribution in [1.82, 2.24) is 14.8 Å². The van der Waals surface area contributed by atoms with E-state index < -0.39 is 0 Å². The van der Waals surface area contributed by atoms with Crippen molar-refractivity contribution in [2.45, 2.75) is 13.8 Å². The first-order chi connectivity index (χ1) is 13.0. The molecule has 0 atom stereocenters. The summed E-state index contributed by atoms with van der Waals surface area (Å²) in [5, 5.41) is 8.43. The molecule has 0 radical (unpaired) electrons. The summed E-state index contributed by atoms with van der Waals surface area (Å²) in [4.78, 5) is 17.5. The average molecular weight is 421 g/mol. The maximum Gasteiger partial charge on any atom is 0.256 e. The summed E-state index contributed by atoms with van der Waals surface area (Å²) in [6.45, 7) is 3.94. The molecule has 0 bridgehead atoms.